The van der Waals surface area contributed by atoms with E-state index in [-0.39, 0.29) is 5.91 Å². The molecule has 1 fully saturated rings. The van der Waals surface area contributed by atoms with Crippen LogP contribution in [0.4, 0.5) is 5.69 Å². The number of allylic oxidation sites excluding steroid dienone is 2. The van der Waals surface area contributed by atoms with E-state index < -0.39 is 0 Å². The fourth-order valence-corrected chi connectivity index (χ4v) is 2.50. The van der Waals surface area contributed by atoms with Crippen molar-refractivity contribution in [3.05, 3.63) is 66.3 Å². The van der Waals surface area contributed by atoms with Crippen LogP contribution in [0.5, 0.6) is 5.75 Å². The van der Waals surface area contributed by atoms with E-state index in [9.17, 15) is 4.79 Å². The van der Waals surface area contributed by atoms with E-state index in [0.717, 1.165) is 0 Å². The summed E-state index contributed by atoms with van der Waals surface area (Å²) >= 11 is 5.27. The molecule has 0 radical (unpaired) electrons. The van der Waals surface area contributed by atoms with Crippen molar-refractivity contribution in [2.45, 2.75) is 0 Å². The first-order chi connectivity index (χ1) is 11.2. The first-order valence-corrected chi connectivity index (χ1v) is 7.32. The summed E-state index contributed by atoms with van der Waals surface area (Å²) in [6, 6.07) is 10.8. The Labute approximate surface area is 138 Å². The summed E-state index contributed by atoms with van der Waals surface area (Å²) in [6.45, 7) is 0. The van der Waals surface area contributed by atoms with Gasteiger partial charge in [0, 0.05) is 0 Å². The molecule has 0 atom stereocenters. The third-order valence-corrected chi connectivity index (χ3v) is 3.56. The molecular weight excluding hydrogens is 312 g/mol. The van der Waals surface area contributed by atoms with E-state index in [4.69, 9.17) is 21.4 Å². The lowest BCUT2D eigenvalue weighted by molar-refractivity contribution is -0.113. The van der Waals surface area contributed by atoms with Gasteiger partial charge in [-0.2, -0.15) is 0 Å². The van der Waals surface area contributed by atoms with Crippen molar-refractivity contribution in [2.24, 2.45) is 0 Å². The van der Waals surface area contributed by atoms with Crippen LogP contribution in [0.1, 0.15) is 5.76 Å². The van der Waals surface area contributed by atoms with E-state index >= 15 is 0 Å². The van der Waals surface area contributed by atoms with E-state index in [1.54, 1.807) is 49.8 Å². The van der Waals surface area contributed by atoms with E-state index in [1.165, 1.54) is 4.90 Å². The van der Waals surface area contributed by atoms with Crippen LogP contribution in [0.3, 0.4) is 0 Å². The Hall–Kier alpha value is -2.86. The molecule has 116 valence electrons. The second kappa shape index (κ2) is 6.50. The minimum Gasteiger partial charge on any atom is -0.495 e. The highest BCUT2D eigenvalue weighted by Crippen LogP contribution is 2.30. The zero-order chi connectivity index (χ0) is 16.2. The van der Waals surface area contributed by atoms with Crippen LogP contribution in [0.15, 0.2) is 64.9 Å². The average molecular weight is 326 g/mol. The van der Waals surface area contributed by atoms with Crippen LogP contribution >= 0.6 is 12.2 Å². The molecular formula is C17H14N2O3S. The van der Waals surface area contributed by atoms with E-state index in [1.807, 2.05) is 18.2 Å². The highest BCUT2D eigenvalue weighted by molar-refractivity contribution is 7.80. The number of carbonyl (C=O) groups is 1. The topological polar surface area (TPSA) is 54.7 Å². The molecule has 1 aromatic carbocycles. The number of nitrogens with one attached hydrogen (secondary N) is 1. The summed E-state index contributed by atoms with van der Waals surface area (Å²) in [6.07, 6.45) is 6.74. The predicted molar refractivity (Wildman–Crippen MR) is 92.0 cm³/mol. The van der Waals surface area contributed by atoms with Gasteiger partial charge in [0.1, 0.15) is 17.2 Å². The predicted octanol–water partition coefficient (Wildman–Crippen LogP) is 3.11. The summed E-state index contributed by atoms with van der Waals surface area (Å²) in [5, 5.41) is 3.23. The number of carbonyl (C=O) groups excluding carboxylic acids is 1. The van der Waals surface area contributed by atoms with Crippen molar-refractivity contribution in [3.63, 3.8) is 0 Å². The van der Waals surface area contributed by atoms with Crippen molar-refractivity contribution < 1.29 is 13.9 Å². The Morgan fingerprint density at radius 1 is 1.26 bits per heavy atom. The molecule has 3 rings (SSSR count). The average Bonchev–Trinajstić information content (AvgIpc) is 3.16. The molecule has 0 bridgehead atoms. The number of benzene rings is 1. The molecule has 1 aromatic heterocycles. The lowest BCUT2D eigenvalue weighted by Gasteiger charge is -2.17. The maximum absolute atomic E-state index is 12.6. The van der Waals surface area contributed by atoms with Crippen LogP contribution in [0.2, 0.25) is 0 Å². The largest absolute Gasteiger partial charge is 0.495 e. The summed E-state index contributed by atoms with van der Waals surface area (Å²) in [4.78, 5) is 14.0. The molecule has 0 saturated carbocycles. The molecule has 0 aliphatic carbocycles. The van der Waals surface area contributed by atoms with Gasteiger partial charge in [-0.15, -0.1) is 0 Å². The van der Waals surface area contributed by atoms with Crippen LogP contribution in [-0.2, 0) is 4.79 Å². The van der Waals surface area contributed by atoms with Crippen molar-refractivity contribution in [1.82, 2.24) is 5.32 Å². The van der Waals surface area contributed by atoms with Crippen molar-refractivity contribution >= 4 is 35.0 Å². The number of ether oxygens (including phenoxy) is 1. The number of furan rings is 1. The standard InChI is InChI=1S/C17H14N2O3S/c1-21-15-10-3-2-9-14(15)19-16(20)13(18-17(19)23)8-4-6-12-7-5-11-22-12/h2-11H,1H3,(H,18,23)/b6-4+,13-8+. The fourth-order valence-electron chi connectivity index (χ4n) is 2.21. The normalized spacial score (nSPS) is 16.4. The lowest BCUT2D eigenvalue weighted by atomic mass is 10.2. The molecule has 23 heavy (non-hydrogen) atoms. The quantitative estimate of drug-likeness (QED) is 0.691. The Bertz CT molecular complexity index is 794. The van der Waals surface area contributed by atoms with Gasteiger partial charge >= 0.3 is 0 Å². The van der Waals surface area contributed by atoms with Crippen molar-refractivity contribution in [2.75, 3.05) is 12.0 Å². The molecule has 1 N–H and O–H groups in total. The third kappa shape index (κ3) is 3.02. The highest BCUT2D eigenvalue weighted by Gasteiger charge is 2.33. The highest BCUT2D eigenvalue weighted by atomic mass is 32.1. The van der Waals surface area contributed by atoms with Crippen LogP contribution in [-0.4, -0.2) is 18.1 Å². The Morgan fingerprint density at radius 3 is 2.83 bits per heavy atom. The van der Waals surface area contributed by atoms with Gasteiger partial charge in [0.15, 0.2) is 5.11 Å². The number of amides is 1. The first kappa shape index (κ1) is 15.1. The lowest BCUT2D eigenvalue weighted by Crippen LogP contribution is -2.30. The molecule has 5 nitrogen and oxygen atoms in total. The van der Waals surface area contributed by atoms with Crippen LogP contribution < -0.4 is 15.0 Å². The fraction of sp³-hybridized carbons (Fsp3) is 0.0588. The first-order valence-electron chi connectivity index (χ1n) is 6.91. The summed E-state index contributed by atoms with van der Waals surface area (Å²) in [7, 11) is 1.55. The summed E-state index contributed by atoms with van der Waals surface area (Å²) in [5.41, 5.74) is 1.000. The Balaban J connectivity index is 1.85. The zero-order valence-electron chi connectivity index (χ0n) is 12.4. The molecule has 2 aromatic rings. The number of nitrogens with zero attached hydrogens (tertiary/aromatic N) is 1. The van der Waals surface area contributed by atoms with Gasteiger partial charge in [-0.25, -0.2) is 4.90 Å². The smallest absolute Gasteiger partial charge is 0.281 e. The Morgan fingerprint density at radius 2 is 2.09 bits per heavy atom. The maximum Gasteiger partial charge on any atom is 0.281 e. The number of anilines is 1. The second-order valence-corrected chi connectivity index (χ2v) is 5.08. The molecule has 0 spiro atoms. The Kier molecular flexibility index (Phi) is 4.25. The van der Waals surface area contributed by atoms with Gasteiger partial charge in [-0.05, 0) is 48.6 Å². The molecule has 1 saturated heterocycles. The van der Waals surface area contributed by atoms with Crippen LogP contribution in [0.25, 0.3) is 6.08 Å². The third-order valence-electron chi connectivity index (χ3n) is 3.27. The minimum atomic E-state index is -0.233. The molecule has 2 heterocycles. The number of hydrogen-bond acceptors (Lipinski definition) is 4. The van der Waals surface area contributed by atoms with Crippen molar-refractivity contribution in [1.29, 1.82) is 0 Å². The summed E-state index contributed by atoms with van der Waals surface area (Å²) in [5.74, 6) is 1.05. The number of rotatable bonds is 4. The minimum absolute atomic E-state index is 0.233. The number of thiocarbonyl (C=S) groups is 1. The van der Waals surface area contributed by atoms with E-state index in [0.29, 0.717) is 28.0 Å². The summed E-state index contributed by atoms with van der Waals surface area (Å²) < 4.78 is 10.5. The molecule has 6 heteroatoms. The molecule has 1 aliphatic heterocycles. The SMILES string of the molecule is COc1ccccc1N1C(=O)/C(=C\C=C\c2ccco2)NC1=S. The maximum atomic E-state index is 12.6. The number of hydrogen-bond donors (Lipinski definition) is 1. The van der Waals surface area contributed by atoms with Crippen molar-refractivity contribution in [3.8, 4) is 5.75 Å². The van der Waals surface area contributed by atoms with Crippen LogP contribution in [0, 0.1) is 0 Å². The molecule has 0 unspecified atom stereocenters. The monoisotopic (exact) mass is 326 g/mol. The second-order valence-electron chi connectivity index (χ2n) is 4.70. The molecule has 1 amide bonds. The number of methoxy groups -OCH3 is 1. The zero-order valence-corrected chi connectivity index (χ0v) is 13.2. The van der Waals surface area contributed by atoms with Gasteiger partial charge in [0.25, 0.3) is 5.91 Å². The van der Waals surface area contributed by atoms with Gasteiger partial charge in [-0.1, -0.05) is 18.2 Å². The van der Waals surface area contributed by atoms with Gasteiger partial charge < -0.3 is 14.5 Å². The number of para-hydroxylation sites is 2. The van der Waals surface area contributed by atoms with Gasteiger partial charge in [-0.3, -0.25) is 4.79 Å². The molecule has 1 aliphatic rings. The van der Waals surface area contributed by atoms with Gasteiger partial charge in [0.05, 0.1) is 19.1 Å². The van der Waals surface area contributed by atoms with Gasteiger partial charge in [0.2, 0.25) is 0 Å². The van der Waals surface area contributed by atoms with E-state index in [2.05, 4.69) is 5.32 Å².